The van der Waals surface area contributed by atoms with Crippen LogP contribution in [-0.4, -0.2) is 13.1 Å². The van der Waals surface area contributed by atoms with E-state index in [4.69, 9.17) is 0 Å². The molecule has 0 fully saturated rings. The highest BCUT2D eigenvalue weighted by atomic mass is 19.1. The Labute approximate surface area is 125 Å². The van der Waals surface area contributed by atoms with Gasteiger partial charge in [-0.3, -0.25) is 0 Å². The lowest BCUT2D eigenvalue weighted by Crippen LogP contribution is -2.22. The minimum atomic E-state index is -0.169. The molecule has 0 saturated carbocycles. The number of rotatable bonds is 4. The third-order valence-corrected chi connectivity index (χ3v) is 4.15. The number of nitrogens with one attached hydrogen (secondary N) is 1. The molecule has 2 aromatic rings. The zero-order chi connectivity index (χ0) is 14.8. The maximum absolute atomic E-state index is 13.6. The summed E-state index contributed by atoms with van der Waals surface area (Å²) in [5, 5.41) is 3.46. The molecule has 0 bridgehead atoms. The normalized spacial score (nSPS) is 15.1. The molecule has 1 N–H and O–H groups in total. The van der Waals surface area contributed by atoms with Crippen LogP contribution in [0, 0.1) is 5.82 Å². The van der Waals surface area contributed by atoms with Crippen LogP contribution in [0.2, 0.25) is 0 Å². The standard InChI is InChI=1S/C18H21FN2/c1-3-20-13(2)16-6-4-5-7-17(16)21-11-10-14-8-9-15(19)12-18(14)21/h4-9,12-13,20H,3,10-11H2,1-2H3. The fraction of sp³-hybridized carbons (Fsp3) is 0.333. The molecule has 1 atom stereocenters. The lowest BCUT2D eigenvalue weighted by atomic mass is 10.0. The van der Waals surface area contributed by atoms with Crippen molar-refractivity contribution in [3.63, 3.8) is 0 Å². The van der Waals surface area contributed by atoms with Crippen molar-refractivity contribution in [1.82, 2.24) is 5.32 Å². The van der Waals surface area contributed by atoms with Gasteiger partial charge in [0.1, 0.15) is 5.82 Å². The van der Waals surface area contributed by atoms with Crippen molar-refractivity contribution in [3.8, 4) is 0 Å². The second kappa shape index (κ2) is 5.86. The van der Waals surface area contributed by atoms with Crippen LogP contribution >= 0.6 is 0 Å². The molecular weight excluding hydrogens is 263 g/mol. The van der Waals surface area contributed by atoms with Crippen molar-refractivity contribution in [2.45, 2.75) is 26.3 Å². The Hall–Kier alpha value is -1.87. The van der Waals surface area contributed by atoms with E-state index in [0.29, 0.717) is 0 Å². The Morgan fingerprint density at radius 2 is 2.00 bits per heavy atom. The van der Waals surface area contributed by atoms with Gasteiger partial charge >= 0.3 is 0 Å². The van der Waals surface area contributed by atoms with Gasteiger partial charge < -0.3 is 10.2 Å². The van der Waals surface area contributed by atoms with Crippen LogP contribution in [0.5, 0.6) is 0 Å². The van der Waals surface area contributed by atoms with Gasteiger partial charge in [-0.1, -0.05) is 31.2 Å². The van der Waals surface area contributed by atoms with Crippen LogP contribution in [0.25, 0.3) is 0 Å². The quantitative estimate of drug-likeness (QED) is 0.905. The monoisotopic (exact) mass is 284 g/mol. The van der Waals surface area contributed by atoms with E-state index in [1.807, 2.05) is 6.07 Å². The van der Waals surface area contributed by atoms with Gasteiger partial charge in [-0.15, -0.1) is 0 Å². The minimum Gasteiger partial charge on any atom is -0.341 e. The lowest BCUT2D eigenvalue weighted by Gasteiger charge is -2.25. The lowest BCUT2D eigenvalue weighted by molar-refractivity contribution is 0.598. The van der Waals surface area contributed by atoms with Crippen LogP contribution in [0.4, 0.5) is 15.8 Å². The van der Waals surface area contributed by atoms with Crippen molar-refractivity contribution in [2.75, 3.05) is 18.0 Å². The molecule has 0 spiro atoms. The van der Waals surface area contributed by atoms with E-state index in [1.54, 1.807) is 12.1 Å². The molecule has 1 aliphatic heterocycles. The molecule has 2 aromatic carbocycles. The van der Waals surface area contributed by atoms with E-state index >= 15 is 0 Å². The number of nitrogens with zero attached hydrogens (tertiary/aromatic N) is 1. The van der Waals surface area contributed by atoms with E-state index in [0.717, 1.165) is 25.2 Å². The van der Waals surface area contributed by atoms with Gasteiger partial charge in [0, 0.05) is 24.0 Å². The summed E-state index contributed by atoms with van der Waals surface area (Å²) in [5.74, 6) is -0.169. The summed E-state index contributed by atoms with van der Waals surface area (Å²) >= 11 is 0. The topological polar surface area (TPSA) is 15.3 Å². The second-order valence-electron chi connectivity index (χ2n) is 5.51. The molecule has 0 amide bonds. The van der Waals surface area contributed by atoms with Crippen LogP contribution in [0.3, 0.4) is 0 Å². The number of hydrogen-bond donors (Lipinski definition) is 1. The molecule has 1 unspecified atom stereocenters. The fourth-order valence-corrected chi connectivity index (χ4v) is 3.12. The fourth-order valence-electron chi connectivity index (χ4n) is 3.12. The largest absolute Gasteiger partial charge is 0.341 e. The predicted octanol–water partition coefficient (Wildman–Crippen LogP) is 4.19. The van der Waals surface area contributed by atoms with Crippen molar-refractivity contribution in [3.05, 3.63) is 59.4 Å². The Kier molecular flexibility index (Phi) is 3.93. The number of hydrogen-bond acceptors (Lipinski definition) is 2. The second-order valence-corrected chi connectivity index (χ2v) is 5.51. The van der Waals surface area contributed by atoms with Gasteiger partial charge in [0.15, 0.2) is 0 Å². The Bertz CT molecular complexity index is 639. The predicted molar refractivity (Wildman–Crippen MR) is 85.6 cm³/mol. The first kappa shape index (κ1) is 14.1. The van der Waals surface area contributed by atoms with E-state index < -0.39 is 0 Å². The first-order valence-electron chi connectivity index (χ1n) is 7.59. The number of benzene rings is 2. The molecule has 21 heavy (non-hydrogen) atoms. The molecule has 0 aromatic heterocycles. The van der Waals surface area contributed by atoms with Gasteiger partial charge in [-0.25, -0.2) is 4.39 Å². The number of para-hydroxylation sites is 1. The zero-order valence-corrected chi connectivity index (χ0v) is 12.6. The first-order valence-corrected chi connectivity index (χ1v) is 7.59. The van der Waals surface area contributed by atoms with Crippen LogP contribution < -0.4 is 10.2 Å². The molecule has 110 valence electrons. The highest BCUT2D eigenvalue weighted by Gasteiger charge is 2.23. The summed E-state index contributed by atoms with van der Waals surface area (Å²) in [5.41, 5.74) is 4.67. The highest BCUT2D eigenvalue weighted by Crippen LogP contribution is 2.38. The third kappa shape index (κ3) is 2.66. The van der Waals surface area contributed by atoms with Crippen molar-refractivity contribution >= 4 is 11.4 Å². The van der Waals surface area contributed by atoms with Crippen molar-refractivity contribution < 1.29 is 4.39 Å². The van der Waals surface area contributed by atoms with Crippen molar-refractivity contribution in [1.29, 1.82) is 0 Å². The summed E-state index contributed by atoms with van der Waals surface area (Å²) in [7, 11) is 0. The summed E-state index contributed by atoms with van der Waals surface area (Å²) in [4.78, 5) is 2.24. The Balaban J connectivity index is 2.02. The molecule has 0 saturated heterocycles. The van der Waals surface area contributed by atoms with E-state index in [9.17, 15) is 4.39 Å². The number of fused-ring (bicyclic) bond motifs is 1. The average molecular weight is 284 g/mol. The summed E-state index contributed by atoms with van der Waals surface area (Å²) in [6, 6.07) is 13.8. The van der Waals surface area contributed by atoms with E-state index in [1.165, 1.54) is 16.8 Å². The molecule has 0 radical (unpaired) electrons. The zero-order valence-electron chi connectivity index (χ0n) is 12.6. The molecular formula is C18H21FN2. The van der Waals surface area contributed by atoms with E-state index in [-0.39, 0.29) is 11.9 Å². The van der Waals surface area contributed by atoms with Crippen LogP contribution in [0.1, 0.15) is 31.0 Å². The molecule has 1 aliphatic rings. The molecule has 3 rings (SSSR count). The van der Waals surface area contributed by atoms with Gasteiger partial charge in [-0.2, -0.15) is 0 Å². The average Bonchev–Trinajstić information content (AvgIpc) is 2.90. The van der Waals surface area contributed by atoms with Crippen molar-refractivity contribution in [2.24, 2.45) is 0 Å². The van der Waals surface area contributed by atoms with Gasteiger partial charge in [0.2, 0.25) is 0 Å². The minimum absolute atomic E-state index is 0.169. The molecule has 2 nitrogen and oxygen atoms in total. The molecule has 1 heterocycles. The molecule has 3 heteroatoms. The highest BCUT2D eigenvalue weighted by molar-refractivity contribution is 5.72. The number of anilines is 2. The summed E-state index contributed by atoms with van der Waals surface area (Å²) < 4.78 is 13.6. The van der Waals surface area contributed by atoms with Gasteiger partial charge in [-0.05, 0) is 49.2 Å². The molecule has 0 aliphatic carbocycles. The maximum atomic E-state index is 13.6. The van der Waals surface area contributed by atoms with Gasteiger partial charge in [0.05, 0.1) is 0 Å². The smallest absolute Gasteiger partial charge is 0.125 e. The maximum Gasteiger partial charge on any atom is 0.125 e. The first-order chi connectivity index (χ1) is 10.2. The third-order valence-electron chi connectivity index (χ3n) is 4.15. The van der Waals surface area contributed by atoms with Gasteiger partial charge in [0.25, 0.3) is 0 Å². The van der Waals surface area contributed by atoms with Crippen LogP contribution in [-0.2, 0) is 6.42 Å². The Morgan fingerprint density at radius 1 is 1.19 bits per heavy atom. The summed E-state index contributed by atoms with van der Waals surface area (Å²) in [6.45, 7) is 6.12. The summed E-state index contributed by atoms with van der Waals surface area (Å²) in [6.07, 6.45) is 0.972. The van der Waals surface area contributed by atoms with E-state index in [2.05, 4.69) is 48.3 Å². The van der Waals surface area contributed by atoms with Crippen LogP contribution in [0.15, 0.2) is 42.5 Å². The SMILES string of the molecule is CCNC(C)c1ccccc1N1CCc2ccc(F)cc21. The Morgan fingerprint density at radius 3 is 2.81 bits per heavy atom. The number of halogens is 1.